The number of nitrogens with one attached hydrogen (secondary N) is 2. The van der Waals surface area contributed by atoms with E-state index in [1.54, 1.807) is 13.4 Å². The van der Waals surface area contributed by atoms with Gasteiger partial charge in [-0.15, -0.1) is 34.2 Å². The maximum absolute atomic E-state index is 10.3. The molecule has 148 valence electrons. The van der Waals surface area contributed by atoms with Crippen molar-refractivity contribution in [1.29, 1.82) is 0 Å². The van der Waals surface area contributed by atoms with E-state index in [-0.39, 0.29) is 24.0 Å². The number of aromatic hydroxyl groups is 1. The molecule has 0 amide bonds. The molecule has 1 aliphatic rings. The molecule has 0 fully saturated rings. The highest BCUT2D eigenvalue weighted by molar-refractivity contribution is 14.0. The molecule has 1 aromatic heterocycles. The Morgan fingerprint density at radius 3 is 2.85 bits per heavy atom. The van der Waals surface area contributed by atoms with E-state index in [2.05, 4.69) is 38.8 Å². The van der Waals surface area contributed by atoms with Gasteiger partial charge >= 0.3 is 0 Å². The summed E-state index contributed by atoms with van der Waals surface area (Å²) in [7, 11) is 1.76. The highest BCUT2D eigenvalue weighted by Crippen LogP contribution is 2.30. The molecule has 0 saturated heterocycles. The van der Waals surface area contributed by atoms with Gasteiger partial charge in [-0.25, -0.2) is 0 Å². The molecule has 0 bridgehead atoms. The summed E-state index contributed by atoms with van der Waals surface area (Å²) in [4.78, 5) is 4.28. The molecule has 8 heteroatoms. The number of hydrogen-bond acceptors (Lipinski definition) is 4. The van der Waals surface area contributed by atoms with Crippen LogP contribution in [0.5, 0.6) is 5.75 Å². The molecular formula is C19H29IN6O. The third kappa shape index (κ3) is 5.33. The molecule has 1 heterocycles. The molecular weight excluding hydrogens is 455 g/mol. The van der Waals surface area contributed by atoms with Gasteiger partial charge in [-0.05, 0) is 42.9 Å². The predicted octanol–water partition coefficient (Wildman–Crippen LogP) is 2.41. The molecule has 0 atom stereocenters. The topological polar surface area (TPSA) is 87.4 Å². The van der Waals surface area contributed by atoms with Gasteiger partial charge in [0, 0.05) is 38.7 Å². The van der Waals surface area contributed by atoms with Crippen molar-refractivity contribution in [3.63, 3.8) is 0 Å². The van der Waals surface area contributed by atoms with Gasteiger partial charge in [-0.3, -0.25) is 4.99 Å². The summed E-state index contributed by atoms with van der Waals surface area (Å²) in [5, 5.41) is 25.0. The smallest absolute Gasteiger partial charge is 0.191 e. The Morgan fingerprint density at radius 2 is 2.07 bits per heavy atom. The Kier molecular flexibility index (Phi) is 8.33. The fourth-order valence-electron chi connectivity index (χ4n) is 3.52. The highest BCUT2D eigenvalue weighted by Gasteiger charge is 2.16. The third-order valence-corrected chi connectivity index (χ3v) is 4.94. The minimum absolute atomic E-state index is 0. The van der Waals surface area contributed by atoms with Crippen molar-refractivity contribution >= 4 is 29.9 Å². The minimum atomic E-state index is 0. The van der Waals surface area contributed by atoms with Crippen molar-refractivity contribution < 1.29 is 5.11 Å². The van der Waals surface area contributed by atoms with Gasteiger partial charge in [-0.1, -0.05) is 13.0 Å². The number of phenolic OH excluding ortho intramolecular Hbond substituents is 1. The van der Waals surface area contributed by atoms with Gasteiger partial charge in [0.25, 0.3) is 0 Å². The Labute approximate surface area is 177 Å². The van der Waals surface area contributed by atoms with Crippen LogP contribution in [0.15, 0.2) is 23.5 Å². The summed E-state index contributed by atoms with van der Waals surface area (Å²) >= 11 is 0. The number of nitrogens with zero attached hydrogens (tertiary/aromatic N) is 4. The van der Waals surface area contributed by atoms with Crippen LogP contribution in [0.2, 0.25) is 0 Å². The summed E-state index contributed by atoms with van der Waals surface area (Å²) < 4.78 is 2.04. The number of aliphatic imine (C=N–C) groups is 1. The monoisotopic (exact) mass is 484 g/mol. The molecule has 1 aromatic carbocycles. The lowest BCUT2D eigenvalue weighted by Crippen LogP contribution is -2.38. The van der Waals surface area contributed by atoms with Crippen molar-refractivity contribution in [2.45, 2.75) is 52.1 Å². The third-order valence-electron chi connectivity index (χ3n) is 4.94. The number of rotatable bonds is 6. The zero-order valence-electron chi connectivity index (χ0n) is 16.0. The number of aromatic nitrogens is 3. The first-order chi connectivity index (χ1) is 12.7. The first kappa shape index (κ1) is 21.5. The molecule has 3 N–H and O–H groups in total. The SMILES string of the molecule is CCc1nncn1CCNC(=NC)NCc1c(O)ccc2c1CCCC2.I. The summed E-state index contributed by atoms with van der Waals surface area (Å²) in [6, 6.07) is 3.88. The largest absolute Gasteiger partial charge is 0.508 e. The maximum Gasteiger partial charge on any atom is 0.191 e. The fraction of sp³-hybridized carbons (Fsp3) is 0.526. The number of fused-ring (bicyclic) bond motifs is 1. The minimum Gasteiger partial charge on any atom is -0.508 e. The second-order valence-corrected chi connectivity index (χ2v) is 6.55. The van der Waals surface area contributed by atoms with E-state index in [4.69, 9.17) is 0 Å². The van der Waals surface area contributed by atoms with Crippen molar-refractivity contribution in [3.05, 3.63) is 41.0 Å². The number of hydrogen-bond donors (Lipinski definition) is 3. The summed E-state index contributed by atoms with van der Waals surface area (Å²) in [6.07, 6.45) is 7.19. The molecule has 27 heavy (non-hydrogen) atoms. The molecule has 0 saturated carbocycles. The predicted molar refractivity (Wildman–Crippen MR) is 118 cm³/mol. The van der Waals surface area contributed by atoms with E-state index >= 15 is 0 Å². The van der Waals surface area contributed by atoms with E-state index in [0.29, 0.717) is 12.3 Å². The van der Waals surface area contributed by atoms with Gasteiger partial charge in [0.2, 0.25) is 0 Å². The maximum atomic E-state index is 10.3. The number of phenols is 1. The van der Waals surface area contributed by atoms with Gasteiger partial charge in [-0.2, -0.15) is 0 Å². The van der Waals surface area contributed by atoms with Crippen LogP contribution < -0.4 is 10.6 Å². The average molecular weight is 484 g/mol. The van der Waals surface area contributed by atoms with Crippen LogP contribution in [-0.4, -0.2) is 39.4 Å². The second kappa shape index (κ2) is 10.5. The van der Waals surface area contributed by atoms with E-state index in [1.807, 2.05) is 10.6 Å². The molecule has 7 nitrogen and oxygen atoms in total. The first-order valence-electron chi connectivity index (χ1n) is 9.36. The number of halogens is 1. The van der Waals surface area contributed by atoms with Crippen LogP contribution in [-0.2, 0) is 32.4 Å². The fourth-order valence-corrected chi connectivity index (χ4v) is 3.52. The molecule has 0 radical (unpaired) electrons. The van der Waals surface area contributed by atoms with Gasteiger partial charge in [0.1, 0.15) is 17.9 Å². The Morgan fingerprint density at radius 1 is 1.26 bits per heavy atom. The van der Waals surface area contributed by atoms with E-state index in [0.717, 1.165) is 49.7 Å². The molecule has 2 aromatic rings. The van der Waals surface area contributed by atoms with Gasteiger partial charge in [0.05, 0.1) is 0 Å². The molecule has 3 rings (SSSR count). The van der Waals surface area contributed by atoms with Crippen molar-refractivity contribution in [2.75, 3.05) is 13.6 Å². The van der Waals surface area contributed by atoms with Crippen LogP contribution in [0, 0.1) is 0 Å². The Bertz CT molecular complexity index is 774. The lowest BCUT2D eigenvalue weighted by molar-refractivity contribution is 0.464. The molecule has 0 unspecified atom stereocenters. The lowest BCUT2D eigenvalue weighted by atomic mass is 9.88. The van der Waals surface area contributed by atoms with Crippen LogP contribution in [0.1, 0.15) is 42.3 Å². The zero-order chi connectivity index (χ0) is 18.4. The summed E-state index contributed by atoms with van der Waals surface area (Å²) in [5.41, 5.74) is 3.67. The first-order valence-corrected chi connectivity index (χ1v) is 9.36. The number of guanidine groups is 1. The Balaban J connectivity index is 0.00000261. The molecule has 0 aliphatic heterocycles. The van der Waals surface area contributed by atoms with E-state index < -0.39 is 0 Å². The van der Waals surface area contributed by atoms with Gasteiger partial charge < -0.3 is 20.3 Å². The average Bonchev–Trinajstić information content (AvgIpc) is 3.13. The summed E-state index contributed by atoms with van der Waals surface area (Å²) in [5.74, 6) is 2.07. The quantitative estimate of drug-likeness (QED) is 0.333. The van der Waals surface area contributed by atoms with E-state index in [9.17, 15) is 5.11 Å². The normalized spacial score (nSPS) is 13.6. The van der Waals surface area contributed by atoms with Crippen LogP contribution in [0.4, 0.5) is 0 Å². The standard InChI is InChI=1S/C19H28N6O.HI/c1-3-18-24-23-13-25(18)11-10-21-19(20-2)22-12-16-15-7-5-4-6-14(15)8-9-17(16)26;/h8-9,13,26H,3-7,10-12H2,1-2H3,(H2,20,21,22);1H. The highest BCUT2D eigenvalue weighted by atomic mass is 127. The number of aryl methyl sites for hydroxylation is 2. The van der Waals surface area contributed by atoms with Crippen molar-refractivity contribution in [2.24, 2.45) is 4.99 Å². The van der Waals surface area contributed by atoms with Crippen molar-refractivity contribution in [3.8, 4) is 5.75 Å². The second-order valence-electron chi connectivity index (χ2n) is 6.55. The lowest BCUT2D eigenvalue weighted by Gasteiger charge is -2.21. The van der Waals surface area contributed by atoms with E-state index in [1.165, 1.54) is 24.0 Å². The Hall–Kier alpha value is -1.84. The van der Waals surface area contributed by atoms with Crippen LogP contribution in [0.3, 0.4) is 0 Å². The summed E-state index contributed by atoms with van der Waals surface area (Å²) in [6.45, 7) is 4.15. The molecule has 0 spiro atoms. The van der Waals surface area contributed by atoms with Crippen molar-refractivity contribution in [1.82, 2.24) is 25.4 Å². The zero-order valence-corrected chi connectivity index (χ0v) is 18.4. The van der Waals surface area contributed by atoms with Crippen LogP contribution in [0.25, 0.3) is 0 Å². The number of benzene rings is 1. The molecule has 1 aliphatic carbocycles. The van der Waals surface area contributed by atoms with Crippen LogP contribution >= 0.6 is 24.0 Å². The van der Waals surface area contributed by atoms with Gasteiger partial charge in [0.15, 0.2) is 5.96 Å².